The molecule has 1 aromatic carbocycles. The quantitative estimate of drug-likeness (QED) is 0.759. The van der Waals surface area contributed by atoms with Crippen molar-refractivity contribution >= 4 is 23.6 Å². The van der Waals surface area contributed by atoms with Crippen molar-refractivity contribution in [3.05, 3.63) is 14.7 Å². The zero-order valence-electron chi connectivity index (χ0n) is 11.2. The Balaban J connectivity index is 0.00000289. The van der Waals surface area contributed by atoms with Crippen LogP contribution in [0.4, 0.5) is 11.4 Å². The molecule has 0 aliphatic heterocycles. The highest BCUT2D eigenvalue weighted by atomic mass is 32.1. The van der Waals surface area contributed by atoms with Crippen LogP contribution in [0.1, 0.15) is 35.5 Å². The minimum atomic E-state index is 0. The lowest BCUT2D eigenvalue weighted by Gasteiger charge is -2.26. The van der Waals surface area contributed by atoms with Crippen molar-refractivity contribution < 1.29 is 1.43 Å². The summed E-state index contributed by atoms with van der Waals surface area (Å²) in [4.78, 5) is 13.8. The Morgan fingerprint density at radius 3 is 2.41 bits per heavy atom. The van der Waals surface area contributed by atoms with E-state index < -0.39 is 0 Å². The minimum absolute atomic E-state index is 0. The molecule has 0 radical (unpaired) electrons. The van der Waals surface area contributed by atoms with E-state index in [1.165, 1.54) is 0 Å². The molecule has 0 unspecified atom stereocenters. The second kappa shape index (κ2) is 6.15. The third-order valence-electron chi connectivity index (χ3n) is 2.99. The van der Waals surface area contributed by atoms with Gasteiger partial charge >= 0.3 is 0 Å². The zero-order valence-corrected chi connectivity index (χ0v) is 12.0. The maximum atomic E-state index is 11.7. The van der Waals surface area contributed by atoms with Crippen LogP contribution in [0.3, 0.4) is 0 Å². The standard InChI is InChI=1S/C13H22N2OS.H2/c1-5-15(6-2)11-10(12(16)13(11)17)14-8-7-9(3)4;/h9,14H,5-8H2,1-4H3;1H. The molecule has 0 bridgehead atoms. The lowest BCUT2D eigenvalue weighted by atomic mass is 10.1. The van der Waals surface area contributed by atoms with E-state index in [2.05, 4.69) is 37.9 Å². The fourth-order valence-corrected chi connectivity index (χ4v) is 2.20. The van der Waals surface area contributed by atoms with E-state index in [1.54, 1.807) is 0 Å². The molecule has 17 heavy (non-hydrogen) atoms. The van der Waals surface area contributed by atoms with Gasteiger partial charge in [0, 0.05) is 21.1 Å². The first-order valence-corrected chi connectivity index (χ1v) is 6.75. The number of nitrogens with one attached hydrogen (secondary N) is 1. The fraction of sp³-hybridized carbons (Fsp3) is 0.692. The third kappa shape index (κ3) is 3.06. The number of hydrogen-bond donors (Lipinski definition) is 1. The van der Waals surface area contributed by atoms with Crippen LogP contribution >= 0.6 is 12.2 Å². The molecule has 1 N–H and O–H groups in total. The summed E-state index contributed by atoms with van der Waals surface area (Å²) in [5.74, 6) is 0.641. The Morgan fingerprint density at radius 2 is 1.94 bits per heavy atom. The summed E-state index contributed by atoms with van der Waals surface area (Å²) in [5.41, 5.74) is 1.67. The minimum Gasteiger partial charge on any atom is -0.380 e. The highest BCUT2D eigenvalue weighted by molar-refractivity contribution is 7.71. The van der Waals surface area contributed by atoms with Crippen molar-refractivity contribution in [2.75, 3.05) is 29.9 Å². The van der Waals surface area contributed by atoms with E-state index in [0.29, 0.717) is 10.4 Å². The second-order valence-electron chi connectivity index (χ2n) is 4.66. The van der Waals surface area contributed by atoms with E-state index in [0.717, 1.165) is 37.4 Å². The summed E-state index contributed by atoms with van der Waals surface area (Å²) in [6, 6.07) is 0. The molecule has 0 atom stereocenters. The third-order valence-corrected chi connectivity index (χ3v) is 3.37. The van der Waals surface area contributed by atoms with Gasteiger partial charge in [0.1, 0.15) is 10.2 Å². The Labute approximate surface area is 110 Å². The molecular formula is C13H24N2OS. The van der Waals surface area contributed by atoms with Crippen LogP contribution in [-0.4, -0.2) is 19.6 Å². The van der Waals surface area contributed by atoms with Crippen molar-refractivity contribution in [3.63, 3.8) is 0 Å². The highest BCUT2D eigenvalue weighted by Gasteiger charge is 2.21. The molecule has 3 nitrogen and oxygen atoms in total. The van der Waals surface area contributed by atoms with E-state index >= 15 is 0 Å². The predicted octanol–water partition coefficient (Wildman–Crippen LogP) is 3.20. The molecule has 0 aliphatic rings. The maximum Gasteiger partial charge on any atom is 0.223 e. The largest absolute Gasteiger partial charge is 0.380 e. The summed E-state index contributed by atoms with van der Waals surface area (Å²) in [5, 5.41) is 3.23. The van der Waals surface area contributed by atoms with Gasteiger partial charge in [-0.15, -0.1) is 0 Å². The van der Waals surface area contributed by atoms with Crippen LogP contribution in [0.25, 0.3) is 0 Å². The van der Waals surface area contributed by atoms with Gasteiger partial charge in [0.15, 0.2) is 0 Å². The van der Waals surface area contributed by atoms with Crippen molar-refractivity contribution in [2.24, 2.45) is 5.92 Å². The number of anilines is 2. The van der Waals surface area contributed by atoms with Gasteiger partial charge in [-0.25, -0.2) is 0 Å². The summed E-state index contributed by atoms with van der Waals surface area (Å²) in [6.07, 6.45) is 1.06. The Morgan fingerprint density at radius 1 is 1.35 bits per heavy atom. The molecular weight excluding hydrogens is 232 g/mol. The SMILES string of the molecule is CCN(CC)c1c(NCCC(C)C)c(=O)c1=S.[HH]. The number of hydrogen-bond acceptors (Lipinski definition) is 4. The van der Waals surface area contributed by atoms with Gasteiger partial charge in [-0.3, -0.25) is 4.79 Å². The molecule has 0 heterocycles. The van der Waals surface area contributed by atoms with Crippen LogP contribution in [-0.2, 0) is 0 Å². The molecule has 0 saturated carbocycles. The first kappa shape index (κ1) is 14.2. The molecule has 0 saturated heterocycles. The van der Waals surface area contributed by atoms with Crippen molar-refractivity contribution in [2.45, 2.75) is 34.1 Å². The van der Waals surface area contributed by atoms with Gasteiger partial charge in [-0.1, -0.05) is 26.1 Å². The molecule has 98 valence electrons. The van der Waals surface area contributed by atoms with Crippen molar-refractivity contribution in [1.82, 2.24) is 0 Å². The summed E-state index contributed by atoms with van der Waals surface area (Å²) < 4.78 is 0.487. The summed E-state index contributed by atoms with van der Waals surface area (Å²) >= 11 is 5.13. The number of nitrogens with zero attached hydrogens (tertiary/aromatic N) is 1. The van der Waals surface area contributed by atoms with E-state index in [-0.39, 0.29) is 6.86 Å². The van der Waals surface area contributed by atoms with Gasteiger partial charge < -0.3 is 10.2 Å². The molecule has 4 heteroatoms. The van der Waals surface area contributed by atoms with Crippen molar-refractivity contribution in [3.8, 4) is 0 Å². The molecule has 0 amide bonds. The molecule has 0 fully saturated rings. The van der Waals surface area contributed by atoms with Crippen LogP contribution < -0.4 is 15.6 Å². The van der Waals surface area contributed by atoms with Crippen LogP contribution in [0, 0.1) is 10.4 Å². The monoisotopic (exact) mass is 256 g/mol. The van der Waals surface area contributed by atoms with Crippen molar-refractivity contribution in [1.29, 1.82) is 0 Å². The average Bonchev–Trinajstić information content (AvgIpc) is 2.31. The van der Waals surface area contributed by atoms with Gasteiger partial charge in [0.2, 0.25) is 5.43 Å². The van der Waals surface area contributed by atoms with E-state index in [1.807, 2.05) is 0 Å². The second-order valence-corrected chi connectivity index (χ2v) is 5.07. The lowest BCUT2D eigenvalue weighted by molar-refractivity contribution is 0.607. The van der Waals surface area contributed by atoms with Crippen LogP contribution in [0.15, 0.2) is 4.79 Å². The zero-order chi connectivity index (χ0) is 13.0. The fourth-order valence-electron chi connectivity index (χ4n) is 1.87. The predicted molar refractivity (Wildman–Crippen MR) is 79.5 cm³/mol. The molecule has 0 aliphatic carbocycles. The smallest absolute Gasteiger partial charge is 0.223 e. The molecule has 1 rings (SSSR count). The van der Waals surface area contributed by atoms with Crippen LogP contribution in [0.5, 0.6) is 0 Å². The molecule has 1 aromatic rings. The first-order chi connectivity index (χ1) is 8.02. The normalized spacial score (nSPS) is 11.1. The van der Waals surface area contributed by atoms with Crippen LogP contribution in [0.2, 0.25) is 0 Å². The summed E-state index contributed by atoms with van der Waals surface area (Å²) in [7, 11) is 0. The van der Waals surface area contributed by atoms with Gasteiger partial charge in [0.05, 0.1) is 5.69 Å². The number of rotatable bonds is 7. The molecule has 0 spiro atoms. The lowest BCUT2D eigenvalue weighted by Crippen LogP contribution is -2.31. The Bertz CT molecular complexity index is 434. The first-order valence-electron chi connectivity index (χ1n) is 6.35. The summed E-state index contributed by atoms with van der Waals surface area (Å²) in [6.45, 7) is 11.1. The highest BCUT2D eigenvalue weighted by Crippen LogP contribution is 2.27. The molecule has 0 aromatic heterocycles. The average molecular weight is 256 g/mol. The van der Waals surface area contributed by atoms with E-state index in [9.17, 15) is 4.79 Å². The Hall–Kier alpha value is -0.900. The van der Waals surface area contributed by atoms with Gasteiger partial charge in [-0.2, -0.15) is 0 Å². The van der Waals surface area contributed by atoms with E-state index in [4.69, 9.17) is 12.2 Å². The maximum absolute atomic E-state index is 11.7. The van der Waals surface area contributed by atoms with Gasteiger partial charge in [0.25, 0.3) is 0 Å². The Kier molecular flexibility index (Phi) is 5.12. The topological polar surface area (TPSA) is 32.3 Å². The van der Waals surface area contributed by atoms with Gasteiger partial charge in [-0.05, 0) is 26.2 Å².